The molecule has 0 saturated carbocycles. The Labute approximate surface area is 129 Å². The fraction of sp³-hybridized carbons (Fsp3) is 0.294. The number of ether oxygens (including phenoxy) is 1. The number of anilines is 1. The van der Waals surface area contributed by atoms with Crippen molar-refractivity contribution in [3.63, 3.8) is 0 Å². The number of methoxy groups -OCH3 is 1. The van der Waals surface area contributed by atoms with Crippen LogP contribution in [-0.2, 0) is 0 Å². The molecule has 0 aliphatic rings. The summed E-state index contributed by atoms with van der Waals surface area (Å²) >= 11 is 3.53. The van der Waals surface area contributed by atoms with Crippen molar-refractivity contribution < 1.29 is 4.74 Å². The van der Waals surface area contributed by atoms with E-state index in [1.54, 1.807) is 7.11 Å². The van der Waals surface area contributed by atoms with Gasteiger partial charge in [0.15, 0.2) is 0 Å². The molecule has 0 radical (unpaired) electrons. The molecule has 1 N–H and O–H groups in total. The van der Waals surface area contributed by atoms with Gasteiger partial charge in [-0.25, -0.2) is 0 Å². The Kier molecular flexibility index (Phi) is 4.71. The van der Waals surface area contributed by atoms with E-state index in [1.807, 2.05) is 6.07 Å². The van der Waals surface area contributed by atoms with E-state index in [0.717, 1.165) is 15.9 Å². The summed E-state index contributed by atoms with van der Waals surface area (Å²) in [6.07, 6.45) is 0. The predicted octanol–water partition coefficient (Wildman–Crippen LogP) is 5.25. The first-order chi connectivity index (χ1) is 9.49. The van der Waals surface area contributed by atoms with Crippen molar-refractivity contribution in [3.8, 4) is 5.75 Å². The quantitative estimate of drug-likeness (QED) is 0.825. The number of rotatable bonds is 4. The minimum Gasteiger partial charge on any atom is -0.496 e. The third-order valence-electron chi connectivity index (χ3n) is 3.28. The molecule has 106 valence electrons. The molecule has 2 aromatic carbocycles. The van der Waals surface area contributed by atoms with Crippen molar-refractivity contribution in [2.24, 2.45) is 0 Å². The van der Waals surface area contributed by atoms with E-state index >= 15 is 0 Å². The molecule has 20 heavy (non-hydrogen) atoms. The zero-order chi connectivity index (χ0) is 14.7. The average molecular weight is 334 g/mol. The Hall–Kier alpha value is -1.48. The SMILES string of the molecule is COc1ccc(C(C)Nc2cc(C)cc(C)c2)cc1Br. The van der Waals surface area contributed by atoms with E-state index in [4.69, 9.17) is 4.74 Å². The summed E-state index contributed by atoms with van der Waals surface area (Å²) < 4.78 is 6.24. The lowest BCUT2D eigenvalue weighted by Crippen LogP contribution is -2.07. The molecule has 3 heteroatoms. The minimum absolute atomic E-state index is 0.235. The monoisotopic (exact) mass is 333 g/mol. The highest BCUT2D eigenvalue weighted by Crippen LogP contribution is 2.29. The van der Waals surface area contributed by atoms with Gasteiger partial charge in [0.25, 0.3) is 0 Å². The smallest absolute Gasteiger partial charge is 0.133 e. The van der Waals surface area contributed by atoms with Crippen LogP contribution in [0.15, 0.2) is 40.9 Å². The van der Waals surface area contributed by atoms with Gasteiger partial charge in [-0.1, -0.05) is 12.1 Å². The number of nitrogens with one attached hydrogen (secondary N) is 1. The van der Waals surface area contributed by atoms with Crippen LogP contribution in [-0.4, -0.2) is 7.11 Å². The van der Waals surface area contributed by atoms with Crippen LogP contribution < -0.4 is 10.1 Å². The lowest BCUT2D eigenvalue weighted by atomic mass is 10.1. The Morgan fingerprint density at radius 1 is 1.05 bits per heavy atom. The van der Waals surface area contributed by atoms with E-state index in [9.17, 15) is 0 Å². The summed E-state index contributed by atoms with van der Waals surface area (Å²) in [6, 6.07) is 12.9. The molecule has 2 rings (SSSR count). The molecule has 0 aromatic heterocycles. The molecule has 1 atom stereocenters. The average Bonchev–Trinajstić information content (AvgIpc) is 2.37. The molecular formula is C17H20BrNO. The fourth-order valence-electron chi connectivity index (χ4n) is 2.34. The number of hydrogen-bond acceptors (Lipinski definition) is 2. The van der Waals surface area contributed by atoms with E-state index < -0.39 is 0 Å². The number of halogens is 1. The zero-order valence-corrected chi connectivity index (χ0v) is 13.9. The van der Waals surface area contributed by atoms with E-state index in [1.165, 1.54) is 16.7 Å². The minimum atomic E-state index is 0.235. The van der Waals surface area contributed by atoms with Gasteiger partial charge in [-0.2, -0.15) is 0 Å². The molecule has 0 aliphatic carbocycles. The van der Waals surface area contributed by atoms with Gasteiger partial charge >= 0.3 is 0 Å². The number of aryl methyl sites for hydroxylation is 2. The van der Waals surface area contributed by atoms with Crippen molar-refractivity contribution in [2.75, 3.05) is 12.4 Å². The van der Waals surface area contributed by atoms with Crippen molar-refractivity contribution in [1.29, 1.82) is 0 Å². The van der Waals surface area contributed by atoms with Gasteiger partial charge in [0.1, 0.15) is 5.75 Å². The summed E-state index contributed by atoms with van der Waals surface area (Å²) in [7, 11) is 1.68. The van der Waals surface area contributed by atoms with E-state index in [2.05, 4.69) is 72.3 Å². The van der Waals surface area contributed by atoms with Crippen LogP contribution in [0.3, 0.4) is 0 Å². The fourth-order valence-corrected chi connectivity index (χ4v) is 2.90. The molecule has 0 fully saturated rings. The molecule has 0 spiro atoms. The summed E-state index contributed by atoms with van der Waals surface area (Å²) in [6.45, 7) is 6.39. The topological polar surface area (TPSA) is 21.3 Å². The van der Waals surface area contributed by atoms with Gasteiger partial charge in [-0.15, -0.1) is 0 Å². The first-order valence-electron chi connectivity index (χ1n) is 6.68. The maximum Gasteiger partial charge on any atom is 0.133 e. The standard InChI is InChI=1S/C17H20BrNO/c1-11-7-12(2)9-15(8-11)19-13(3)14-5-6-17(20-4)16(18)10-14/h5-10,13,19H,1-4H3. The molecule has 0 bridgehead atoms. The van der Waals surface area contributed by atoms with Crippen LogP contribution in [0.25, 0.3) is 0 Å². The molecule has 0 aliphatic heterocycles. The second kappa shape index (κ2) is 6.31. The molecular weight excluding hydrogens is 314 g/mol. The maximum absolute atomic E-state index is 5.26. The van der Waals surface area contributed by atoms with Crippen LogP contribution in [0.2, 0.25) is 0 Å². The van der Waals surface area contributed by atoms with Crippen molar-refractivity contribution in [2.45, 2.75) is 26.8 Å². The number of benzene rings is 2. The van der Waals surface area contributed by atoms with Crippen molar-refractivity contribution in [3.05, 3.63) is 57.6 Å². The first kappa shape index (κ1) is 14.9. The molecule has 2 aromatic rings. The summed E-state index contributed by atoms with van der Waals surface area (Å²) in [4.78, 5) is 0. The molecule has 2 nitrogen and oxygen atoms in total. The van der Waals surface area contributed by atoms with Crippen molar-refractivity contribution in [1.82, 2.24) is 0 Å². The Balaban J connectivity index is 2.19. The Morgan fingerprint density at radius 3 is 2.25 bits per heavy atom. The van der Waals surface area contributed by atoms with Gasteiger partial charge in [0.05, 0.1) is 11.6 Å². The Morgan fingerprint density at radius 2 is 1.70 bits per heavy atom. The van der Waals surface area contributed by atoms with Crippen molar-refractivity contribution >= 4 is 21.6 Å². The molecule has 0 heterocycles. The lowest BCUT2D eigenvalue weighted by Gasteiger charge is -2.17. The molecule has 1 unspecified atom stereocenters. The van der Waals surface area contributed by atoms with Crippen LogP contribution >= 0.6 is 15.9 Å². The highest BCUT2D eigenvalue weighted by Gasteiger charge is 2.09. The molecule has 0 saturated heterocycles. The van der Waals surface area contributed by atoms with Gasteiger partial charge in [-0.05, 0) is 77.7 Å². The second-order valence-corrected chi connectivity index (χ2v) is 5.99. The third kappa shape index (κ3) is 3.54. The molecule has 0 amide bonds. The maximum atomic E-state index is 5.26. The lowest BCUT2D eigenvalue weighted by molar-refractivity contribution is 0.412. The Bertz CT molecular complexity index is 590. The summed E-state index contributed by atoms with van der Waals surface area (Å²) in [5.41, 5.74) is 4.92. The largest absolute Gasteiger partial charge is 0.496 e. The second-order valence-electron chi connectivity index (χ2n) is 5.14. The first-order valence-corrected chi connectivity index (χ1v) is 7.47. The van der Waals surface area contributed by atoms with E-state index in [0.29, 0.717) is 0 Å². The van der Waals surface area contributed by atoms with Crippen LogP contribution in [0.1, 0.15) is 29.7 Å². The van der Waals surface area contributed by atoms with Gasteiger partial charge in [0.2, 0.25) is 0 Å². The van der Waals surface area contributed by atoms with Crippen LogP contribution in [0.5, 0.6) is 5.75 Å². The normalized spacial score (nSPS) is 12.1. The van der Waals surface area contributed by atoms with Gasteiger partial charge < -0.3 is 10.1 Å². The highest BCUT2D eigenvalue weighted by atomic mass is 79.9. The third-order valence-corrected chi connectivity index (χ3v) is 3.90. The summed E-state index contributed by atoms with van der Waals surface area (Å²) in [5, 5.41) is 3.54. The highest BCUT2D eigenvalue weighted by molar-refractivity contribution is 9.10. The predicted molar refractivity (Wildman–Crippen MR) is 88.6 cm³/mol. The van der Waals surface area contributed by atoms with Crippen LogP contribution in [0, 0.1) is 13.8 Å². The van der Waals surface area contributed by atoms with E-state index in [-0.39, 0.29) is 6.04 Å². The van der Waals surface area contributed by atoms with Crippen LogP contribution in [0.4, 0.5) is 5.69 Å². The van der Waals surface area contributed by atoms with Gasteiger partial charge in [-0.3, -0.25) is 0 Å². The zero-order valence-electron chi connectivity index (χ0n) is 12.3. The summed E-state index contributed by atoms with van der Waals surface area (Å²) in [5.74, 6) is 0.854. The number of hydrogen-bond donors (Lipinski definition) is 1. The van der Waals surface area contributed by atoms with Gasteiger partial charge in [0, 0.05) is 11.7 Å².